The molecule has 0 bridgehead atoms. The van der Waals surface area contributed by atoms with E-state index < -0.39 is 0 Å². The first-order valence-corrected chi connectivity index (χ1v) is 7.98. The highest BCUT2D eigenvalue weighted by Crippen LogP contribution is 2.27. The number of rotatable bonds is 4. The average Bonchev–Trinajstić information content (AvgIpc) is 2.87. The predicted octanol–water partition coefficient (Wildman–Crippen LogP) is 2.25. The van der Waals surface area contributed by atoms with Crippen LogP contribution < -0.4 is 10.2 Å². The van der Waals surface area contributed by atoms with Gasteiger partial charge in [-0.15, -0.1) is 0 Å². The third kappa shape index (κ3) is 2.88. The largest absolute Gasteiger partial charge is 0.354 e. The smallest absolute Gasteiger partial charge is 0.154 e. The number of fused-ring (bicyclic) bond motifs is 1. The first kappa shape index (κ1) is 14.3. The van der Waals surface area contributed by atoms with E-state index in [0.29, 0.717) is 12.0 Å². The van der Waals surface area contributed by atoms with Crippen molar-refractivity contribution in [3.63, 3.8) is 0 Å². The molecule has 2 unspecified atom stereocenters. The molecule has 3 heterocycles. The summed E-state index contributed by atoms with van der Waals surface area (Å²) in [6.45, 7) is 9.71. The van der Waals surface area contributed by atoms with E-state index in [-0.39, 0.29) is 0 Å². The van der Waals surface area contributed by atoms with E-state index in [1.807, 2.05) is 23.8 Å². The van der Waals surface area contributed by atoms with Crippen LogP contribution in [0.4, 0.5) is 5.82 Å². The Labute approximate surface area is 126 Å². The van der Waals surface area contributed by atoms with E-state index in [1.165, 1.54) is 12.8 Å². The highest BCUT2D eigenvalue weighted by atomic mass is 15.3. The zero-order valence-corrected chi connectivity index (χ0v) is 13.2. The van der Waals surface area contributed by atoms with Gasteiger partial charge in [-0.1, -0.05) is 6.92 Å². The Hall–Kier alpha value is -1.62. The number of anilines is 1. The molecule has 1 N–H and O–H groups in total. The second-order valence-electron chi connectivity index (χ2n) is 6.06. The molecule has 0 radical (unpaired) electrons. The summed E-state index contributed by atoms with van der Waals surface area (Å²) in [4.78, 5) is 7.06. The maximum absolute atomic E-state index is 4.63. The lowest BCUT2D eigenvalue weighted by Crippen LogP contribution is -2.44. The summed E-state index contributed by atoms with van der Waals surface area (Å²) < 4.78 is 1.94. The first-order valence-electron chi connectivity index (χ1n) is 7.98. The fraction of sp³-hybridized carbons (Fsp3) is 0.625. The molecule has 1 aliphatic heterocycles. The van der Waals surface area contributed by atoms with Crippen LogP contribution in [0.25, 0.3) is 5.52 Å². The monoisotopic (exact) mass is 287 g/mol. The van der Waals surface area contributed by atoms with Crippen molar-refractivity contribution >= 4 is 11.3 Å². The molecule has 21 heavy (non-hydrogen) atoms. The van der Waals surface area contributed by atoms with Gasteiger partial charge in [-0.25, -0.2) is 9.50 Å². The molecular weight excluding hydrogens is 262 g/mol. The molecule has 114 valence electrons. The second kappa shape index (κ2) is 6.02. The quantitative estimate of drug-likeness (QED) is 0.937. The topological polar surface area (TPSA) is 45.5 Å². The number of nitrogens with zero attached hydrogens (tertiary/aromatic N) is 4. The van der Waals surface area contributed by atoms with Gasteiger partial charge in [0.1, 0.15) is 5.52 Å². The van der Waals surface area contributed by atoms with Crippen molar-refractivity contribution in [2.24, 2.45) is 5.92 Å². The molecular formula is C16H25N5. The van der Waals surface area contributed by atoms with Crippen LogP contribution in [0, 0.1) is 12.8 Å². The van der Waals surface area contributed by atoms with Crippen molar-refractivity contribution in [2.75, 3.05) is 24.5 Å². The highest BCUT2D eigenvalue weighted by molar-refractivity contribution is 5.69. The number of aromatic nitrogens is 3. The first-order chi connectivity index (χ1) is 10.2. The molecule has 2 aromatic heterocycles. The third-order valence-electron chi connectivity index (χ3n) is 4.48. The summed E-state index contributed by atoms with van der Waals surface area (Å²) in [5.41, 5.74) is 2.16. The number of piperidine rings is 1. The van der Waals surface area contributed by atoms with Crippen LogP contribution in [0.1, 0.15) is 32.4 Å². The van der Waals surface area contributed by atoms with Crippen LogP contribution in [0.3, 0.4) is 0 Å². The van der Waals surface area contributed by atoms with Crippen LogP contribution in [-0.2, 0) is 0 Å². The summed E-state index contributed by atoms with van der Waals surface area (Å²) in [6, 6.07) is 2.68. The lowest BCUT2D eigenvalue weighted by Gasteiger charge is -2.36. The van der Waals surface area contributed by atoms with Gasteiger partial charge in [-0.2, -0.15) is 5.10 Å². The van der Waals surface area contributed by atoms with Gasteiger partial charge in [0.05, 0.1) is 5.69 Å². The molecule has 1 saturated heterocycles. The van der Waals surface area contributed by atoms with Crippen LogP contribution in [0.2, 0.25) is 0 Å². The SMILES string of the molecule is CCNC(C)C1CCCN(c2nccn3nc(C)cc23)C1. The van der Waals surface area contributed by atoms with E-state index in [4.69, 9.17) is 0 Å². The van der Waals surface area contributed by atoms with Gasteiger partial charge in [0, 0.05) is 31.5 Å². The third-order valence-corrected chi connectivity index (χ3v) is 4.48. The van der Waals surface area contributed by atoms with Gasteiger partial charge in [-0.3, -0.25) is 0 Å². The number of hydrogen-bond acceptors (Lipinski definition) is 4. The molecule has 1 fully saturated rings. The summed E-state index contributed by atoms with van der Waals surface area (Å²) in [6.07, 6.45) is 6.31. The second-order valence-corrected chi connectivity index (χ2v) is 6.06. The van der Waals surface area contributed by atoms with Crippen molar-refractivity contribution < 1.29 is 0 Å². The Balaban J connectivity index is 1.84. The maximum Gasteiger partial charge on any atom is 0.154 e. The molecule has 0 amide bonds. The number of nitrogens with one attached hydrogen (secondary N) is 1. The molecule has 0 aromatic carbocycles. The van der Waals surface area contributed by atoms with Gasteiger partial charge >= 0.3 is 0 Å². The Morgan fingerprint density at radius 1 is 1.48 bits per heavy atom. The van der Waals surface area contributed by atoms with E-state index in [9.17, 15) is 0 Å². The molecule has 5 nitrogen and oxygen atoms in total. The fourth-order valence-corrected chi connectivity index (χ4v) is 3.37. The normalized spacial score (nSPS) is 20.9. The minimum absolute atomic E-state index is 0.559. The zero-order valence-electron chi connectivity index (χ0n) is 13.2. The van der Waals surface area contributed by atoms with Crippen LogP contribution in [0.5, 0.6) is 0 Å². The van der Waals surface area contributed by atoms with Crippen molar-refractivity contribution in [2.45, 2.75) is 39.7 Å². The van der Waals surface area contributed by atoms with Crippen LogP contribution in [0.15, 0.2) is 18.5 Å². The van der Waals surface area contributed by atoms with E-state index in [1.54, 1.807) is 0 Å². The molecule has 2 aromatic rings. The molecule has 0 spiro atoms. The van der Waals surface area contributed by atoms with Crippen molar-refractivity contribution in [1.82, 2.24) is 19.9 Å². The molecule has 3 rings (SSSR count). The van der Waals surface area contributed by atoms with E-state index in [2.05, 4.69) is 40.2 Å². The van der Waals surface area contributed by atoms with Crippen molar-refractivity contribution in [3.8, 4) is 0 Å². The van der Waals surface area contributed by atoms with Gasteiger partial charge < -0.3 is 10.2 Å². The average molecular weight is 287 g/mol. The highest BCUT2D eigenvalue weighted by Gasteiger charge is 2.26. The lowest BCUT2D eigenvalue weighted by atomic mass is 9.91. The van der Waals surface area contributed by atoms with Crippen molar-refractivity contribution in [1.29, 1.82) is 0 Å². The predicted molar refractivity (Wildman–Crippen MR) is 85.8 cm³/mol. The van der Waals surface area contributed by atoms with Gasteiger partial charge in [0.15, 0.2) is 5.82 Å². The molecule has 1 aliphatic rings. The fourth-order valence-electron chi connectivity index (χ4n) is 3.37. The Kier molecular flexibility index (Phi) is 4.10. The summed E-state index contributed by atoms with van der Waals surface area (Å²) in [5.74, 6) is 1.76. The van der Waals surface area contributed by atoms with Crippen LogP contribution >= 0.6 is 0 Å². The Bertz CT molecular complexity index is 606. The van der Waals surface area contributed by atoms with Crippen molar-refractivity contribution in [3.05, 3.63) is 24.2 Å². The lowest BCUT2D eigenvalue weighted by molar-refractivity contribution is 0.323. The van der Waals surface area contributed by atoms with E-state index >= 15 is 0 Å². The minimum Gasteiger partial charge on any atom is -0.354 e. The van der Waals surface area contributed by atoms with Crippen LogP contribution in [-0.4, -0.2) is 40.3 Å². The number of hydrogen-bond donors (Lipinski definition) is 1. The van der Waals surface area contributed by atoms with Gasteiger partial charge in [-0.05, 0) is 45.2 Å². The Morgan fingerprint density at radius 3 is 3.14 bits per heavy atom. The zero-order chi connectivity index (χ0) is 14.8. The number of aryl methyl sites for hydroxylation is 1. The standard InChI is InChI=1S/C16H25N5/c1-4-17-13(3)14-6-5-8-20(11-14)16-15-10-12(2)19-21(15)9-7-18-16/h7,9-10,13-14,17H,4-6,8,11H2,1-3H3. The summed E-state index contributed by atoms with van der Waals surface area (Å²) >= 11 is 0. The molecule has 2 atom stereocenters. The summed E-state index contributed by atoms with van der Waals surface area (Å²) in [5, 5.41) is 8.05. The minimum atomic E-state index is 0.559. The molecule has 0 aliphatic carbocycles. The van der Waals surface area contributed by atoms with Gasteiger partial charge in [0.25, 0.3) is 0 Å². The van der Waals surface area contributed by atoms with Gasteiger partial charge in [0.2, 0.25) is 0 Å². The molecule has 5 heteroatoms. The Morgan fingerprint density at radius 2 is 2.33 bits per heavy atom. The maximum atomic E-state index is 4.63. The van der Waals surface area contributed by atoms with E-state index in [0.717, 1.165) is 36.7 Å². The molecule has 0 saturated carbocycles. The summed E-state index contributed by atoms with van der Waals surface area (Å²) in [7, 11) is 0.